The Morgan fingerprint density at radius 1 is 1.07 bits per heavy atom. The molecule has 28 heavy (non-hydrogen) atoms. The minimum Gasteiger partial charge on any atom is -0.349 e. The second-order valence-electron chi connectivity index (χ2n) is 6.86. The fraction of sp³-hybridized carbons (Fsp3) is 0.368. The zero-order chi connectivity index (χ0) is 19.7. The summed E-state index contributed by atoms with van der Waals surface area (Å²) in [5.41, 5.74) is -0.484. The molecule has 1 saturated carbocycles. The highest BCUT2D eigenvalue weighted by Crippen LogP contribution is 2.34. The van der Waals surface area contributed by atoms with E-state index in [1.54, 1.807) is 6.07 Å². The number of benzene rings is 1. The van der Waals surface area contributed by atoms with E-state index in [-0.39, 0.29) is 34.4 Å². The van der Waals surface area contributed by atoms with Crippen LogP contribution in [0.2, 0.25) is 0 Å². The van der Waals surface area contributed by atoms with Gasteiger partial charge in [0.2, 0.25) is 0 Å². The van der Waals surface area contributed by atoms with Gasteiger partial charge in [0, 0.05) is 23.8 Å². The van der Waals surface area contributed by atoms with Gasteiger partial charge in [-0.15, -0.1) is 0 Å². The van der Waals surface area contributed by atoms with Gasteiger partial charge in [-0.05, 0) is 18.9 Å². The number of fused-ring (bicyclic) bond motifs is 1. The summed E-state index contributed by atoms with van der Waals surface area (Å²) < 4.78 is 40.9. The van der Waals surface area contributed by atoms with Crippen molar-refractivity contribution in [2.75, 3.05) is 0 Å². The Morgan fingerprint density at radius 2 is 1.75 bits per heavy atom. The minimum atomic E-state index is -4.59. The first-order valence-electron chi connectivity index (χ1n) is 9.12. The van der Waals surface area contributed by atoms with Crippen LogP contribution < -0.4 is 5.32 Å². The third-order valence-corrected chi connectivity index (χ3v) is 4.89. The number of hydrogen-bond acceptors (Lipinski definition) is 4. The van der Waals surface area contributed by atoms with Gasteiger partial charge < -0.3 is 5.32 Å². The van der Waals surface area contributed by atoms with Crippen LogP contribution in [0, 0.1) is 0 Å². The maximum atomic E-state index is 13.3. The number of amides is 1. The Labute approximate surface area is 158 Å². The second kappa shape index (κ2) is 7.21. The summed E-state index contributed by atoms with van der Waals surface area (Å²) in [5.74, 6) is -0.305. The summed E-state index contributed by atoms with van der Waals surface area (Å²) in [5, 5.41) is 6.59. The Hall–Kier alpha value is -2.97. The van der Waals surface area contributed by atoms with E-state index in [0.717, 1.165) is 30.4 Å². The van der Waals surface area contributed by atoms with Gasteiger partial charge in [0.25, 0.3) is 11.9 Å². The van der Waals surface area contributed by atoms with Crippen molar-refractivity contribution in [1.29, 1.82) is 0 Å². The van der Waals surface area contributed by atoms with Crippen LogP contribution in [0.3, 0.4) is 0 Å². The van der Waals surface area contributed by atoms with Crippen molar-refractivity contribution >= 4 is 16.8 Å². The van der Waals surface area contributed by atoms with Gasteiger partial charge in [0.05, 0.1) is 11.1 Å². The maximum Gasteiger partial charge on any atom is 0.435 e. The van der Waals surface area contributed by atoms with E-state index < -0.39 is 11.9 Å². The molecule has 0 radical (unpaired) electrons. The van der Waals surface area contributed by atoms with Crippen molar-refractivity contribution in [3.05, 3.63) is 47.9 Å². The molecule has 1 N–H and O–H groups in total. The normalized spacial score (nSPS) is 15.7. The smallest absolute Gasteiger partial charge is 0.349 e. The van der Waals surface area contributed by atoms with Gasteiger partial charge in [-0.2, -0.15) is 23.0 Å². The lowest BCUT2D eigenvalue weighted by atomic mass is 9.95. The molecule has 3 aromatic rings. The molecule has 1 fully saturated rings. The van der Waals surface area contributed by atoms with Gasteiger partial charge >= 0.3 is 6.18 Å². The lowest BCUT2D eigenvalue weighted by Crippen LogP contribution is -2.36. The zero-order valence-electron chi connectivity index (χ0n) is 14.9. The number of carbonyl (C=O) groups is 1. The third kappa shape index (κ3) is 3.56. The number of hydrogen-bond donors (Lipinski definition) is 1. The third-order valence-electron chi connectivity index (χ3n) is 4.89. The standard InChI is InChI=1S/C19H18F3N5O/c20-19(21,22)16-14-8-4-5-9-15(14)27(26-16)18-23-10-12(11-24-18)17(28)25-13-6-2-1-3-7-13/h4-5,8-11,13H,1-3,6-7H2,(H,25,28). The number of para-hydroxylation sites is 1. The summed E-state index contributed by atoms with van der Waals surface area (Å²) in [6.45, 7) is 0. The predicted octanol–water partition coefficient (Wildman–Crippen LogP) is 3.90. The summed E-state index contributed by atoms with van der Waals surface area (Å²) in [6.07, 6.45) is 3.29. The molecule has 4 rings (SSSR count). The van der Waals surface area contributed by atoms with E-state index in [2.05, 4.69) is 20.4 Å². The molecule has 0 bridgehead atoms. The molecule has 2 aromatic heterocycles. The van der Waals surface area contributed by atoms with Gasteiger partial charge in [-0.25, -0.2) is 9.97 Å². The molecule has 1 aliphatic rings. The molecule has 2 heterocycles. The van der Waals surface area contributed by atoms with Gasteiger partial charge in [0.1, 0.15) is 0 Å². The first-order chi connectivity index (χ1) is 13.4. The summed E-state index contributed by atoms with van der Waals surface area (Å²) in [7, 11) is 0. The van der Waals surface area contributed by atoms with E-state index in [0.29, 0.717) is 0 Å². The molecular weight excluding hydrogens is 371 g/mol. The summed E-state index contributed by atoms with van der Waals surface area (Å²) >= 11 is 0. The average Bonchev–Trinajstić information content (AvgIpc) is 3.09. The maximum absolute atomic E-state index is 13.3. The minimum absolute atomic E-state index is 0.0269. The van der Waals surface area contributed by atoms with Crippen LogP contribution in [0.15, 0.2) is 36.7 Å². The van der Waals surface area contributed by atoms with E-state index in [9.17, 15) is 18.0 Å². The van der Waals surface area contributed by atoms with Crippen LogP contribution in [0.25, 0.3) is 16.9 Å². The lowest BCUT2D eigenvalue weighted by Gasteiger charge is -2.22. The number of alkyl halides is 3. The first kappa shape index (κ1) is 18.4. The van der Waals surface area contributed by atoms with Crippen LogP contribution in [-0.2, 0) is 6.18 Å². The molecule has 1 aromatic carbocycles. The van der Waals surface area contributed by atoms with E-state index in [4.69, 9.17) is 0 Å². The largest absolute Gasteiger partial charge is 0.435 e. The van der Waals surface area contributed by atoms with Crippen LogP contribution in [0.1, 0.15) is 48.2 Å². The average molecular weight is 389 g/mol. The number of halogens is 3. The number of nitrogens with zero attached hydrogens (tertiary/aromatic N) is 4. The van der Waals surface area contributed by atoms with Gasteiger partial charge in [-0.3, -0.25) is 4.79 Å². The van der Waals surface area contributed by atoms with E-state index >= 15 is 0 Å². The molecule has 0 spiro atoms. The molecule has 0 aliphatic heterocycles. The topological polar surface area (TPSA) is 72.7 Å². The molecule has 0 saturated heterocycles. The zero-order valence-corrected chi connectivity index (χ0v) is 14.9. The number of aromatic nitrogens is 4. The Balaban J connectivity index is 1.61. The summed E-state index contributed by atoms with van der Waals surface area (Å²) in [6, 6.07) is 6.15. The molecule has 1 amide bonds. The van der Waals surface area contributed by atoms with Crippen molar-refractivity contribution in [3.8, 4) is 5.95 Å². The highest BCUT2D eigenvalue weighted by atomic mass is 19.4. The second-order valence-corrected chi connectivity index (χ2v) is 6.86. The Kier molecular flexibility index (Phi) is 4.74. The molecule has 146 valence electrons. The molecule has 6 nitrogen and oxygen atoms in total. The number of rotatable bonds is 3. The van der Waals surface area contributed by atoms with Crippen molar-refractivity contribution in [2.45, 2.75) is 44.3 Å². The van der Waals surface area contributed by atoms with Crippen molar-refractivity contribution < 1.29 is 18.0 Å². The van der Waals surface area contributed by atoms with Gasteiger partial charge in [0.15, 0.2) is 5.69 Å². The summed E-state index contributed by atoms with van der Waals surface area (Å²) in [4.78, 5) is 20.5. The van der Waals surface area contributed by atoms with E-state index in [1.807, 2.05) is 0 Å². The molecule has 1 aliphatic carbocycles. The molecule has 9 heteroatoms. The van der Waals surface area contributed by atoms with Gasteiger partial charge in [-0.1, -0.05) is 37.5 Å². The fourth-order valence-corrected chi connectivity index (χ4v) is 3.49. The lowest BCUT2D eigenvalue weighted by molar-refractivity contribution is -0.140. The molecular formula is C19H18F3N5O. The first-order valence-corrected chi connectivity index (χ1v) is 9.12. The van der Waals surface area contributed by atoms with Crippen LogP contribution in [0.4, 0.5) is 13.2 Å². The van der Waals surface area contributed by atoms with Crippen molar-refractivity contribution in [1.82, 2.24) is 25.1 Å². The quantitative estimate of drug-likeness (QED) is 0.738. The molecule has 0 atom stereocenters. The molecule has 0 unspecified atom stereocenters. The SMILES string of the molecule is O=C(NC1CCCCC1)c1cnc(-n2nc(C(F)(F)F)c3ccccc32)nc1. The van der Waals surface area contributed by atoms with Crippen LogP contribution in [0.5, 0.6) is 0 Å². The monoisotopic (exact) mass is 389 g/mol. The van der Waals surface area contributed by atoms with Crippen molar-refractivity contribution in [2.24, 2.45) is 0 Å². The Bertz CT molecular complexity index is 991. The van der Waals surface area contributed by atoms with Crippen LogP contribution >= 0.6 is 0 Å². The Morgan fingerprint density at radius 3 is 2.43 bits per heavy atom. The fourth-order valence-electron chi connectivity index (χ4n) is 3.49. The van der Waals surface area contributed by atoms with Crippen molar-refractivity contribution in [3.63, 3.8) is 0 Å². The highest BCUT2D eigenvalue weighted by Gasteiger charge is 2.37. The number of carbonyl (C=O) groups excluding carboxylic acids is 1. The highest BCUT2D eigenvalue weighted by molar-refractivity contribution is 5.93. The number of nitrogens with one attached hydrogen (secondary N) is 1. The predicted molar refractivity (Wildman–Crippen MR) is 96.0 cm³/mol. The van der Waals surface area contributed by atoms with E-state index in [1.165, 1.54) is 37.0 Å². The van der Waals surface area contributed by atoms with Crippen LogP contribution in [-0.4, -0.2) is 31.7 Å².